The number of H-pyrrole nitrogens is 1. The number of aromatic amines is 1. The number of hydrogen-bond donors (Lipinski definition) is 1. The predicted molar refractivity (Wildman–Crippen MR) is 191 cm³/mol. The van der Waals surface area contributed by atoms with Gasteiger partial charge in [0.1, 0.15) is 17.5 Å². The smallest absolute Gasteiger partial charge is 0.318 e. The maximum absolute atomic E-state index is 16.3. The standard InChI is InChI=1S/C31H26F2N8O2.C7H12FN/c1-18-6-9-25-23(16-36-39-25)26(18)21-7-8-22-28(27(21)33)37-31(43-2)38-29(22)40-13-14-41(20(17-40)10-11-34)30(42)24(32)15-19-5-3-4-12-35-19;8-6-4-7-2-1-3-9(7)5-6/h3-9,12,15-16,20H,10,13-14,17H2,1-2H3,(H,36,39);6-7H,1-5H2/b24-15-;. The summed E-state index contributed by atoms with van der Waals surface area (Å²) < 4.78 is 49.3. The van der Waals surface area contributed by atoms with Crippen LogP contribution < -0.4 is 9.64 Å². The molecule has 5 aromatic rings. The summed E-state index contributed by atoms with van der Waals surface area (Å²) in [5.41, 5.74) is 3.09. The number of nitrogens with one attached hydrogen (secondary N) is 1. The van der Waals surface area contributed by atoms with Crippen LogP contribution >= 0.6 is 0 Å². The van der Waals surface area contributed by atoms with Gasteiger partial charge in [0.2, 0.25) is 0 Å². The quantitative estimate of drug-likeness (QED) is 0.206. The Morgan fingerprint density at radius 3 is 2.75 bits per heavy atom. The van der Waals surface area contributed by atoms with Crippen LogP contribution in [0, 0.1) is 24.1 Å². The highest BCUT2D eigenvalue weighted by atomic mass is 19.1. The fourth-order valence-electron chi connectivity index (χ4n) is 7.55. The molecular formula is C38H38F3N9O2. The zero-order valence-electron chi connectivity index (χ0n) is 28.9. The van der Waals surface area contributed by atoms with E-state index in [-0.39, 0.29) is 37.6 Å². The number of hydrogen-bond acceptors (Lipinski definition) is 9. The minimum atomic E-state index is -0.971. The fourth-order valence-corrected chi connectivity index (χ4v) is 7.55. The highest BCUT2D eigenvalue weighted by Gasteiger charge is 2.35. The Bertz CT molecular complexity index is 2160. The Labute approximate surface area is 298 Å². The van der Waals surface area contributed by atoms with Crippen LogP contribution in [0.1, 0.15) is 36.9 Å². The second-order valence-corrected chi connectivity index (χ2v) is 13.3. The Morgan fingerprint density at radius 2 is 1.98 bits per heavy atom. The third kappa shape index (κ3) is 6.88. The number of rotatable bonds is 6. The number of nitriles is 1. The summed E-state index contributed by atoms with van der Waals surface area (Å²) in [4.78, 5) is 31.5. The number of carbonyl (C=O) groups is 1. The van der Waals surface area contributed by atoms with Crippen LogP contribution in [0.3, 0.4) is 0 Å². The van der Waals surface area contributed by atoms with Crippen LogP contribution in [0.2, 0.25) is 0 Å². The van der Waals surface area contributed by atoms with Gasteiger partial charge in [-0.1, -0.05) is 18.2 Å². The van der Waals surface area contributed by atoms with Crippen molar-refractivity contribution in [3.63, 3.8) is 0 Å². The molecule has 0 saturated carbocycles. The van der Waals surface area contributed by atoms with Gasteiger partial charge < -0.3 is 14.5 Å². The lowest BCUT2D eigenvalue weighted by Gasteiger charge is -2.41. The molecule has 268 valence electrons. The Morgan fingerprint density at radius 1 is 1.12 bits per heavy atom. The number of fused-ring (bicyclic) bond motifs is 3. The number of pyridine rings is 1. The molecule has 3 saturated heterocycles. The maximum atomic E-state index is 16.3. The first-order chi connectivity index (χ1) is 25.2. The molecule has 0 bridgehead atoms. The Hall–Kier alpha value is -5.55. The number of anilines is 1. The second kappa shape index (κ2) is 15.0. The van der Waals surface area contributed by atoms with Gasteiger partial charge in [-0.05, 0) is 68.1 Å². The molecule has 0 radical (unpaired) electrons. The minimum absolute atomic E-state index is 0.0310. The molecule has 14 heteroatoms. The van der Waals surface area contributed by atoms with Gasteiger partial charge in [0.25, 0.3) is 5.91 Å². The van der Waals surface area contributed by atoms with Crippen molar-refractivity contribution in [1.29, 1.82) is 5.26 Å². The van der Waals surface area contributed by atoms with Gasteiger partial charge in [-0.25, -0.2) is 13.2 Å². The molecule has 3 aromatic heterocycles. The van der Waals surface area contributed by atoms with E-state index in [0.717, 1.165) is 35.5 Å². The van der Waals surface area contributed by atoms with Crippen molar-refractivity contribution >= 4 is 39.6 Å². The van der Waals surface area contributed by atoms with Crippen molar-refractivity contribution in [3.05, 3.63) is 77.8 Å². The summed E-state index contributed by atoms with van der Waals surface area (Å²) in [5.74, 6) is -1.94. The molecule has 11 nitrogen and oxygen atoms in total. The molecule has 3 aliphatic rings. The average molecular weight is 710 g/mol. The van der Waals surface area contributed by atoms with E-state index < -0.39 is 29.8 Å². The number of nitrogens with zero attached hydrogens (tertiary/aromatic N) is 8. The van der Waals surface area contributed by atoms with Gasteiger partial charge in [0.05, 0.1) is 43.0 Å². The van der Waals surface area contributed by atoms with E-state index in [4.69, 9.17) is 4.74 Å². The van der Waals surface area contributed by atoms with Crippen LogP contribution in [0.5, 0.6) is 6.01 Å². The van der Waals surface area contributed by atoms with Crippen molar-refractivity contribution in [2.24, 2.45) is 0 Å². The highest BCUT2D eigenvalue weighted by molar-refractivity contribution is 6.00. The predicted octanol–water partition coefficient (Wildman–Crippen LogP) is 6.16. The number of piperazine rings is 1. The number of methoxy groups -OCH3 is 1. The van der Waals surface area contributed by atoms with Gasteiger partial charge >= 0.3 is 6.01 Å². The summed E-state index contributed by atoms with van der Waals surface area (Å²) in [6.45, 7) is 4.31. The normalized spacial score (nSPS) is 20.5. The molecule has 8 rings (SSSR count). The van der Waals surface area contributed by atoms with Gasteiger partial charge in [-0.3, -0.25) is 19.8 Å². The number of carbonyl (C=O) groups excluding carboxylic acids is 1. The van der Waals surface area contributed by atoms with Crippen molar-refractivity contribution < 1.29 is 22.7 Å². The number of benzene rings is 2. The summed E-state index contributed by atoms with van der Waals surface area (Å²) >= 11 is 0. The molecule has 3 aliphatic heterocycles. The summed E-state index contributed by atoms with van der Waals surface area (Å²) in [7, 11) is 1.40. The minimum Gasteiger partial charge on any atom is -0.467 e. The van der Waals surface area contributed by atoms with Crippen molar-refractivity contribution in [2.45, 2.75) is 50.9 Å². The van der Waals surface area contributed by atoms with E-state index in [1.54, 1.807) is 36.5 Å². The number of halogens is 3. The molecule has 0 aliphatic carbocycles. The van der Waals surface area contributed by atoms with Crippen LogP contribution in [0.15, 0.2) is 60.7 Å². The van der Waals surface area contributed by atoms with Crippen molar-refractivity contribution in [2.75, 3.05) is 44.7 Å². The van der Waals surface area contributed by atoms with Gasteiger partial charge in [-0.15, -0.1) is 0 Å². The first-order valence-electron chi connectivity index (χ1n) is 17.3. The molecule has 3 fully saturated rings. The van der Waals surface area contributed by atoms with Crippen molar-refractivity contribution in [1.82, 2.24) is 34.9 Å². The molecule has 3 unspecified atom stereocenters. The first kappa shape index (κ1) is 34.9. The van der Waals surface area contributed by atoms with E-state index in [1.807, 2.05) is 24.0 Å². The molecule has 1 N–H and O–H groups in total. The molecule has 0 spiro atoms. The summed E-state index contributed by atoms with van der Waals surface area (Å²) in [6, 6.07) is 14.2. The summed E-state index contributed by atoms with van der Waals surface area (Å²) in [6.07, 6.45) is 7.02. The molecule has 2 aromatic carbocycles. The van der Waals surface area contributed by atoms with Crippen LogP contribution in [-0.2, 0) is 4.79 Å². The number of amides is 1. The lowest BCUT2D eigenvalue weighted by atomic mass is 9.95. The highest BCUT2D eigenvalue weighted by Crippen LogP contribution is 2.38. The number of alkyl halides is 1. The summed E-state index contributed by atoms with van der Waals surface area (Å²) in [5, 5.41) is 17.8. The number of ether oxygens (including phenoxy) is 1. The van der Waals surface area contributed by atoms with E-state index in [1.165, 1.54) is 31.0 Å². The zero-order valence-corrected chi connectivity index (χ0v) is 28.9. The van der Waals surface area contributed by atoms with Gasteiger partial charge in [-0.2, -0.15) is 20.3 Å². The van der Waals surface area contributed by atoms with Crippen LogP contribution in [0.25, 0.3) is 39.0 Å². The third-order valence-corrected chi connectivity index (χ3v) is 10.0. The van der Waals surface area contributed by atoms with E-state index in [0.29, 0.717) is 40.6 Å². The Kier molecular flexibility index (Phi) is 10.0. The zero-order chi connectivity index (χ0) is 36.4. The average Bonchev–Trinajstić information content (AvgIpc) is 3.89. The monoisotopic (exact) mass is 709 g/mol. The van der Waals surface area contributed by atoms with E-state index >= 15 is 4.39 Å². The van der Waals surface area contributed by atoms with Crippen LogP contribution in [0.4, 0.5) is 19.0 Å². The lowest BCUT2D eigenvalue weighted by molar-refractivity contribution is -0.131. The molecule has 6 heterocycles. The lowest BCUT2D eigenvalue weighted by Crippen LogP contribution is -2.55. The number of aryl methyl sites for hydroxylation is 1. The molecule has 52 heavy (non-hydrogen) atoms. The van der Waals surface area contributed by atoms with E-state index in [2.05, 4.69) is 36.1 Å². The molecule has 3 atom stereocenters. The molecular weight excluding hydrogens is 671 g/mol. The van der Waals surface area contributed by atoms with Gasteiger partial charge in [0.15, 0.2) is 11.6 Å². The van der Waals surface area contributed by atoms with Crippen molar-refractivity contribution in [3.8, 4) is 23.2 Å². The third-order valence-electron chi connectivity index (χ3n) is 10.0. The largest absolute Gasteiger partial charge is 0.467 e. The second-order valence-electron chi connectivity index (χ2n) is 13.3. The van der Waals surface area contributed by atoms with Crippen LogP contribution in [-0.4, -0.2) is 98.9 Å². The molecule has 1 amide bonds. The SMILES string of the molecule is COc1nc(N2CCN(C(=O)/C(F)=C/c3ccccn3)C(CC#N)C2)c2ccc(-c3c(C)ccc4[nH]ncc34)c(F)c2n1.FC1CC2CCCN2C1. The topological polar surface area (TPSA) is 127 Å². The fraction of sp³-hybridized carbons (Fsp3) is 0.368. The number of aromatic nitrogens is 5. The van der Waals surface area contributed by atoms with Gasteiger partial charge in [0, 0.05) is 60.8 Å². The van der Waals surface area contributed by atoms with E-state index in [9.17, 15) is 18.8 Å². The maximum Gasteiger partial charge on any atom is 0.318 e. The Balaban J connectivity index is 0.000000404. The first-order valence-corrected chi connectivity index (χ1v) is 17.3.